The topological polar surface area (TPSA) is 73.1 Å². The average Bonchev–Trinajstić information content (AvgIpc) is 3.38. The van der Waals surface area contributed by atoms with Gasteiger partial charge in [-0.15, -0.1) is 24.0 Å². The van der Waals surface area contributed by atoms with E-state index in [4.69, 9.17) is 4.42 Å². The predicted molar refractivity (Wildman–Crippen MR) is 118 cm³/mol. The Morgan fingerprint density at radius 2 is 2.04 bits per heavy atom. The molecule has 0 radical (unpaired) electrons. The van der Waals surface area contributed by atoms with Gasteiger partial charge in [-0.3, -0.25) is 14.7 Å². The molecule has 3 rings (SSSR count). The highest BCUT2D eigenvalue weighted by molar-refractivity contribution is 14.0. The Kier molecular flexibility index (Phi) is 8.62. The number of guanidine groups is 1. The fourth-order valence-electron chi connectivity index (χ4n) is 3.53. The van der Waals surface area contributed by atoms with Crippen LogP contribution in [0.4, 0.5) is 0 Å². The van der Waals surface area contributed by atoms with Gasteiger partial charge in [-0.2, -0.15) is 0 Å². The highest BCUT2D eigenvalue weighted by Crippen LogP contribution is 2.17. The van der Waals surface area contributed by atoms with Crippen LogP contribution >= 0.6 is 24.0 Å². The second-order valence-electron chi connectivity index (χ2n) is 6.83. The van der Waals surface area contributed by atoms with Gasteiger partial charge in [-0.05, 0) is 25.8 Å². The maximum absolute atomic E-state index is 12.0. The van der Waals surface area contributed by atoms with Crippen molar-refractivity contribution in [1.82, 2.24) is 20.4 Å². The Balaban J connectivity index is 0.00000261. The highest BCUT2D eigenvalue weighted by Gasteiger charge is 2.29. The molecule has 0 aromatic carbocycles. The fraction of sp³-hybridized carbons (Fsp3) is 0.579. The van der Waals surface area contributed by atoms with Gasteiger partial charge in [0.15, 0.2) is 11.7 Å². The van der Waals surface area contributed by atoms with Gasteiger partial charge >= 0.3 is 0 Å². The maximum Gasteiger partial charge on any atom is 0.287 e. The van der Waals surface area contributed by atoms with Crippen molar-refractivity contribution in [2.24, 2.45) is 4.99 Å². The van der Waals surface area contributed by atoms with Crippen LogP contribution in [0.25, 0.3) is 0 Å². The molecule has 150 valence electrons. The second-order valence-corrected chi connectivity index (χ2v) is 6.83. The molecule has 0 spiro atoms. The molecule has 3 heterocycles. The van der Waals surface area contributed by atoms with Crippen LogP contribution in [-0.4, -0.2) is 74.0 Å². The van der Waals surface area contributed by atoms with Crippen molar-refractivity contribution in [3.63, 3.8) is 0 Å². The van der Waals surface area contributed by atoms with E-state index in [1.165, 1.54) is 12.7 Å². The molecule has 2 aliphatic heterocycles. The van der Waals surface area contributed by atoms with Gasteiger partial charge in [-0.25, -0.2) is 0 Å². The molecule has 1 saturated heterocycles. The first-order chi connectivity index (χ1) is 12.7. The number of nitrogens with zero attached hydrogens (tertiary/aromatic N) is 3. The molecule has 1 atom stereocenters. The normalized spacial score (nSPS) is 20.0. The Morgan fingerprint density at radius 1 is 1.30 bits per heavy atom. The van der Waals surface area contributed by atoms with Gasteiger partial charge in [-0.1, -0.05) is 12.2 Å². The van der Waals surface area contributed by atoms with Gasteiger partial charge in [0.05, 0.1) is 6.26 Å². The molecule has 0 aliphatic carbocycles. The first-order valence-corrected chi connectivity index (χ1v) is 9.36. The lowest BCUT2D eigenvalue weighted by Crippen LogP contribution is -2.43. The summed E-state index contributed by atoms with van der Waals surface area (Å²) in [5.41, 5.74) is 0.859. The smallest absolute Gasteiger partial charge is 0.287 e. The van der Waals surface area contributed by atoms with Gasteiger partial charge in [0.1, 0.15) is 0 Å². The maximum atomic E-state index is 12.0. The zero-order valence-electron chi connectivity index (χ0n) is 16.1. The monoisotopic (exact) mass is 487 g/mol. The SMILES string of the molecule is CN=C(NCCCNC(=O)c1occc1C)N1CCC(N2CC=CC2)C1.I. The van der Waals surface area contributed by atoms with Crippen molar-refractivity contribution in [3.05, 3.63) is 35.8 Å². The molecule has 27 heavy (non-hydrogen) atoms. The third-order valence-electron chi connectivity index (χ3n) is 5.03. The number of carbonyl (C=O) groups excluding carboxylic acids is 1. The molecule has 1 aromatic heterocycles. The number of rotatable bonds is 6. The summed E-state index contributed by atoms with van der Waals surface area (Å²) in [6.07, 6.45) is 8.04. The Hall–Kier alpha value is -1.55. The number of nitrogens with one attached hydrogen (secondary N) is 2. The van der Waals surface area contributed by atoms with E-state index in [0.717, 1.165) is 50.7 Å². The quantitative estimate of drug-likeness (QED) is 0.211. The summed E-state index contributed by atoms with van der Waals surface area (Å²) in [5, 5.41) is 6.30. The number of halogens is 1. The Bertz CT molecular complexity index is 665. The van der Waals surface area contributed by atoms with E-state index in [2.05, 4.69) is 37.6 Å². The summed E-state index contributed by atoms with van der Waals surface area (Å²) < 4.78 is 5.20. The van der Waals surface area contributed by atoms with Gasteiger partial charge < -0.3 is 20.0 Å². The van der Waals surface area contributed by atoms with Crippen LogP contribution in [0.1, 0.15) is 29.0 Å². The van der Waals surface area contributed by atoms with Crippen molar-refractivity contribution < 1.29 is 9.21 Å². The number of amides is 1. The molecule has 0 bridgehead atoms. The number of carbonyl (C=O) groups is 1. The van der Waals surface area contributed by atoms with E-state index >= 15 is 0 Å². The number of aryl methyl sites for hydroxylation is 1. The molecule has 1 unspecified atom stereocenters. The summed E-state index contributed by atoms with van der Waals surface area (Å²) in [6, 6.07) is 2.40. The van der Waals surface area contributed by atoms with Crippen molar-refractivity contribution in [3.8, 4) is 0 Å². The van der Waals surface area contributed by atoms with Gasteiger partial charge in [0.2, 0.25) is 0 Å². The summed E-state index contributed by atoms with van der Waals surface area (Å²) in [5.74, 6) is 1.19. The third-order valence-corrected chi connectivity index (χ3v) is 5.03. The molecular formula is C19H30IN5O2. The van der Waals surface area contributed by atoms with E-state index in [1.54, 1.807) is 6.07 Å². The van der Waals surface area contributed by atoms with Crippen LogP contribution in [0, 0.1) is 6.92 Å². The van der Waals surface area contributed by atoms with Crippen LogP contribution < -0.4 is 10.6 Å². The first-order valence-electron chi connectivity index (χ1n) is 9.36. The third kappa shape index (κ3) is 5.71. The van der Waals surface area contributed by atoms with Gasteiger partial charge in [0, 0.05) is 57.9 Å². The summed E-state index contributed by atoms with van der Waals surface area (Å²) in [4.78, 5) is 21.2. The lowest BCUT2D eigenvalue weighted by molar-refractivity contribution is 0.0925. The van der Waals surface area contributed by atoms with E-state index in [0.29, 0.717) is 18.3 Å². The van der Waals surface area contributed by atoms with Crippen LogP contribution in [0.5, 0.6) is 0 Å². The minimum absolute atomic E-state index is 0. The van der Waals surface area contributed by atoms with E-state index in [1.807, 2.05) is 14.0 Å². The molecular weight excluding hydrogens is 457 g/mol. The minimum atomic E-state index is -0.154. The molecule has 7 nitrogen and oxygen atoms in total. The number of likely N-dealkylation sites (tertiary alicyclic amines) is 1. The molecule has 0 saturated carbocycles. The van der Waals surface area contributed by atoms with E-state index in [9.17, 15) is 4.79 Å². The van der Waals surface area contributed by atoms with Crippen molar-refractivity contribution >= 4 is 35.8 Å². The van der Waals surface area contributed by atoms with Crippen molar-refractivity contribution in [2.75, 3.05) is 46.3 Å². The largest absolute Gasteiger partial charge is 0.459 e. The average molecular weight is 487 g/mol. The first kappa shape index (κ1) is 21.7. The number of aliphatic imine (C=N–C) groups is 1. The van der Waals surface area contributed by atoms with Crippen LogP contribution in [0.3, 0.4) is 0 Å². The van der Waals surface area contributed by atoms with Gasteiger partial charge in [0.25, 0.3) is 5.91 Å². The van der Waals surface area contributed by atoms with Crippen LogP contribution in [0.15, 0.2) is 33.9 Å². The minimum Gasteiger partial charge on any atom is -0.459 e. The zero-order chi connectivity index (χ0) is 18.4. The lowest BCUT2D eigenvalue weighted by Gasteiger charge is -2.25. The molecule has 2 N–H and O–H groups in total. The molecule has 1 amide bonds. The zero-order valence-corrected chi connectivity index (χ0v) is 18.4. The fourth-order valence-corrected chi connectivity index (χ4v) is 3.53. The standard InChI is InChI=1S/C19H29N5O2.HI/c1-15-7-13-26-17(15)18(25)21-8-5-9-22-19(20-2)24-12-6-16(14-24)23-10-3-4-11-23;/h3-4,7,13,16H,5-6,8-12,14H2,1-2H3,(H,20,22)(H,21,25);1H. The van der Waals surface area contributed by atoms with Crippen LogP contribution in [0.2, 0.25) is 0 Å². The van der Waals surface area contributed by atoms with Crippen molar-refractivity contribution in [2.45, 2.75) is 25.8 Å². The molecule has 8 heteroatoms. The highest BCUT2D eigenvalue weighted by atomic mass is 127. The van der Waals surface area contributed by atoms with Crippen molar-refractivity contribution in [1.29, 1.82) is 0 Å². The summed E-state index contributed by atoms with van der Waals surface area (Å²) >= 11 is 0. The molecule has 2 aliphatic rings. The Labute approximate surface area is 178 Å². The Morgan fingerprint density at radius 3 is 2.70 bits per heavy atom. The van der Waals surface area contributed by atoms with Crippen LogP contribution in [-0.2, 0) is 0 Å². The van der Waals surface area contributed by atoms with E-state index < -0.39 is 0 Å². The lowest BCUT2D eigenvalue weighted by atomic mass is 10.2. The van der Waals surface area contributed by atoms with E-state index in [-0.39, 0.29) is 29.9 Å². The summed E-state index contributed by atoms with van der Waals surface area (Å²) in [7, 11) is 1.83. The number of furan rings is 1. The molecule has 1 aromatic rings. The molecule has 1 fully saturated rings. The number of hydrogen-bond acceptors (Lipinski definition) is 4. The number of hydrogen-bond donors (Lipinski definition) is 2. The second kappa shape index (κ2) is 10.7. The predicted octanol–water partition coefficient (Wildman–Crippen LogP) is 1.85. The summed E-state index contributed by atoms with van der Waals surface area (Å²) in [6.45, 7) is 7.44.